The minimum atomic E-state index is -3.23. The fourth-order valence-corrected chi connectivity index (χ4v) is 6.82. The van der Waals surface area contributed by atoms with Gasteiger partial charge in [-0.25, -0.2) is 12.7 Å². The molecule has 9 heteroatoms. The Hall–Kier alpha value is -1.74. The van der Waals surface area contributed by atoms with E-state index >= 15 is 0 Å². The molecule has 0 unspecified atom stereocenters. The summed E-state index contributed by atoms with van der Waals surface area (Å²) in [5.41, 5.74) is 2.19. The molecule has 1 amide bonds. The number of halogens is 1. The van der Waals surface area contributed by atoms with Gasteiger partial charge in [0.15, 0.2) is 5.78 Å². The largest absolute Gasteiger partial charge is 0.317 e. The standard InChI is InChI=1S/C22H25ClN2O4S2/c1-2-31(28,29)25-12-10-15(11-13-25)21(27)24-22-19(17-4-3-5-18(17)30-22)20(26)14-6-8-16(23)9-7-14/h6-9,15H,2-5,10-13H2,1H3,(H,24,27). The van der Waals surface area contributed by atoms with E-state index < -0.39 is 10.0 Å². The van der Waals surface area contributed by atoms with Crippen LogP contribution in [0.1, 0.15) is 52.5 Å². The first-order valence-corrected chi connectivity index (χ1v) is 13.3. The third kappa shape index (κ3) is 4.58. The number of ketones is 1. The number of fused-ring (bicyclic) bond motifs is 1. The van der Waals surface area contributed by atoms with Gasteiger partial charge in [0, 0.05) is 34.5 Å². The third-order valence-electron chi connectivity index (χ3n) is 6.07. The molecule has 6 nitrogen and oxygen atoms in total. The van der Waals surface area contributed by atoms with Crippen LogP contribution in [0.2, 0.25) is 5.02 Å². The minimum absolute atomic E-state index is 0.0702. The summed E-state index contributed by atoms with van der Waals surface area (Å²) in [5.74, 6) is -0.437. The number of anilines is 1. The molecule has 2 aliphatic rings. The molecular weight excluding hydrogens is 456 g/mol. The molecule has 0 spiro atoms. The number of nitrogens with zero attached hydrogens (tertiary/aromatic N) is 1. The lowest BCUT2D eigenvalue weighted by Gasteiger charge is -2.30. The second-order valence-corrected chi connectivity index (χ2v) is 11.8. The van der Waals surface area contributed by atoms with Crippen LogP contribution >= 0.6 is 22.9 Å². The highest BCUT2D eigenvalue weighted by Crippen LogP contribution is 2.40. The van der Waals surface area contributed by atoms with E-state index in [4.69, 9.17) is 11.6 Å². The van der Waals surface area contributed by atoms with E-state index in [9.17, 15) is 18.0 Å². The van der Waals surface area contributed by atoms with Gasteiger partial charge in [-0.05, 0) is 68.9 Å². The van der Waals surface area contributed by atoms with Crippen LogP contribution in [-0.2, 0) is 27.7 Å². The van der Waals surface area contributed by atoms with Crippen molar-refractivity contribution in [2.45, 2.75) is 39.0 Å². The zero-order chi connectivity index (χ0) is 22.2. The summed E-state index contributed by atoms with van der Waals surface area (Å²) < 4.78 is 25.6. The maximum atomic E-state index is 13.3. The monoisotopic (exact) mass is 480 g/mol. The predicted molar refractivity (Wildman–Crippen MR) is 124 cm³/mol. The predicted octanol–water partition coefficient (Wildman–Crippen LogP) is 4.12. The average Bonchev–Trinajstić information content (AvgIpc) is 3.34. The lowest BCUT2D eigenvalue weighted by molar-refractivity contribution is -0.120. The first kappa shape index (κ1) is 22.5. The number of carbonyl (C=O) groups is 2. The number of nitrogens with one attached hydrogen (secondary N) is 1. The fraction of sp³-hybridized carbons (Fsp3) is 0.455. The van der Waals surface area contributed by atoms with Crippen molar-refractivity contribution in [2.24, 2.45) is 5.92 Å². The van der Waals surface area contributed by atoms with Gasteiger partial charge in [-0.3, -0.25) is 9.59 Å². The van der Waals surface area contributed by atoms with Crippen molar-refractivity contribution in [1.82, 2.24) is 4.31 Å². The zero-order valence-corrected chi connectivity index (χ0v) is 19.7. The Labute approximate surface area is 191 Å². The molecular formula is C22H25ClN2O4S2. The Bertz CT molecular complexity index is 1100. The second-order valence-electron chi connectivity index (χ2n) is 7.96. The van der Waals surface area contributed by atoms with Crippen LogP contribution in [0.15, 0.2) is 24.3 Å². The molecule has 1 fully saturated rings. The highest BCUT2D eigenvalue weighted by atomic mass is 35.5. The van der Waals surface area contributed by atoms with E-state index in [0.717, 1.165) is 29.7 Å². The number of sulfonamides is 1. The van der Waals surface area contributed by atoms with Gasteiger partial charge in [0.05, 0.1) is 11.3 Å². The molecule has 4 rings (SSSR count). The van der Waals surface area contributed by atoms with Crippen molar-refractivity contribution in [3.8, 4) is 0 Å². The first-order chi connectivity index (χ1) is 14.8. The van der Waals surface area contributed by atoms with Crippen LogP contribution in [0.3, 0.4) is 0 Å². The molecule has 2 aromatic rings. The van der Waals surface area contributed by atoms with E-state index in [2.05, 4.69) is 5.32 Å². The number of hydrogen-bond acceptors (Lipinski definition) is 5. The van der Waals surface area contributed by atoms with Gasteiger partial charge in [-0.1, -0.05) is 11.6 Å². The molecule has 0 bridgehead atoms. The van der Waals surface area contributed by atoms with Gasteiger partial charge in [-0.15, -0.1) is 11.3 Å². The summed E-state index contributed by atoms with van der Waals surface area (Å²) in [4.78, 5) is 27.4. The molecule has 166 valence electrons. The van der Waals surface area contributed by atoms with E-state index in [1.54, 1.807) is 31.2 Å². The summed E-state index contributed by atoms with van der Waals surface area (Å²) in [5, 5.41) is 4.18. The highest BCUT2D eigenvalue weighted by Gasteiger charge is 2.32. The van der Waals surface area contributed by atoms with Crippen molar-refractivity contribution in [3.63, 3.8) is 0 Å². The van der Waals surface area contributed by atoms with Crippen LogP contribution < -0.4 is 5.32 Å². The topological polar surface area (TPSA) is 83.6 Å². The Morgan fingerprint density at radius 2 is 1.84 bits per heavy atom. The van der Waals surface area contributed by atoms with Crippen molar-refractivity contribution in [1.29, 1.82) is 0 Å². The van der Waals surface area contributed by atoms with E-state index in [1.165, 1.54) is 15.6 Å². The molecule has 0 saturated carbocycles. The van der Waals surface area contributed by atoms with E-state index in [-0.39, 0.29) is 23.4 Å². The number of carbonyl (C=O) groups excluding carboxylic acids is 2. The molecule has 2 heterocycles. The lowest BCUT2D eigenvalue weighted by atomic mass is 9.96. The van der Waals surface area contributed by atoms with Gasteiger partial charge >= 0.3 is 0 Å². The number of aryl methyl sites for hydroxylation is 1. The van der Waals surface area contributed by atoms with Gasteiger partial charge in [-0.2, -0.15) is 0 Å². The summed E-state index contributed by atoms with van der Waals surface area (Å²) in [6, 6.07) is 6.80. The first-order valence-electron chi connectivity index (χ1n) is 10.5. The average molecular weight is 481 g/mol. The molecule has 1 aliphatic carbocycles. The number of piperidine rings is 1. The van der Waals surface area contributed by atoms with Crippen molar-refractivity contribution >= 4 is 49.7 Å². The number of thiophene rings is 1. The summed E-state index contributed by atoms with van der Waals surface area (Å²) in [6.07, 6.45) is 3.74. The van der Waals surface area contributed by atoms with E-state index in [0.29, 0.717) is 47.1 Å². The Morgan fingerprint density at radius 3 is 2.48 bits per heavy atom. The van der Waals surface area contributed by atoms with E-state index in [1.807, 2.05) is 0 Å². The molecule has 0 atom stereocenters. The fourth-order valence-electron chi connectivity index (χ4n) is 4.27. The number of benzene rings is 1. The normalized spacial score (nSPS) is 17.5. The lowest BCUT2D eigenvalue weighted by Crippen LogP contribution is -2.42. The van der Waals surface area contributed by atoms with Gasteiger partial charge in [0.1, 0.15) is 5.00 Å². The molecule has 31 heavy (non-hydrogen) atoms. The Kier molecular flexibility index (Phi) is 6.53. The quantitative estimate of drug-likeness (QED) is 0.630. The molecule has 1 aromatic heterocycles. The number of amides is 1. The Balaban J connectivity index is 1.52. The van der Waals surface area contributed by atoms with Gasteiger partial charge < -0.3 is 5.32 Å². The van der Waals surface area contributed by atoms with Crippen LogP contribution in [0.4, 0.5) is 5.00 Å². The summed E-state index contributed by atoms with van der Waals surface area (Å²) >= 11 is 7.45. The molecule has 1 aliphatic heterocycles. The van der Waals surface area contributed by atoms with Crippen LogP contribution in [0.5, 0.6) is 0 Å². The van der Waals surface area contributed by atoms with Crippen LogP contribution in [0, 0.1) is 5.92 Å². The Morgan fingerprint density at radius 1 is 1.16 bits per heavy atom. The van der Waals surface area contributed by atoms with Gasteiger partial charge in [0.2, 0.25) is 15.9 Å². The minimum Gasteiger partial charge on any atom is -0.317 e. The number of hydrogen-bond donors (Lipinski definition) is 1. The maximum Gasteiger partial charge on any atom is 0.228 e. The second kappa shape index (κ2) is 9.02. The van der Waals surface area contributed by atoms with Gasteiger partial charge in [0.25, 0.3) is 0 Å². The van der Waals surface area contributed by atoms with Crippen molar-refractivity contribution in [3.05, 3.63) is 50.9 Å². The van der Waals surface area contributed by atoms with Crippen molar-refractivity contribution < 1.29 is 18.0 Å². The molecule has 1 aromatic carbocycles. The maximum absolute atomic E-state index is 13.3. The molecule has 1 N–H and O–H groups in total. The molecule has 1 saturated heterocycles. The SMILES string of the molecule is CCS(=O)(=O)N1CCC(C(=O)Nc2sc3c(c2C(=O)c2ccc(Cl)cc2)CCC3)CC1. The van der Waals surface area contributed by atoms with Crippen LogP contribution in [0.25, 0.3) is 0 Å². The van der Waals surface area contributed by atoms with Crippen molar-refractivity contribution in [2.75, 3.05) is 24.2 Å². The molecule has 0 radical (unpaired) electrons. The highest BCUT2D eigenvalue weighted by molar-refractivity contribution is 7.89. The zero-order valence-electron chi connectivity index (χ0n) is 17.3. The summed E-state index contributed by atoms with van der Waals surface area (Å²) in [7, 11) is -3.23. The van der Waals surface area contributed by atoms with Crippen LogP contribution in [-0.4, -0.2) is 43.3 Å². The number of rotatable bonds is 6. The third-order valence-corrected chi connectivity index (χ3v) is 9.42. The summed E-state index contributed by atoms with van der Waals surface area (Å²) in [6.45, 7) is 2.33. The smallest absolute Gasteiger partial charge is 0.228 e.